The van der Waals surface area contributed by atoms with Crippen LogP contribution in [0.25, 0.3) is 11.3 Å². The molecule has 0 aliphatic rings. The highest BCUT2D eigenvalue weighted by Gasteiger charge is 2.15. The number of rotatable bonds is 5. The van der Waals surface area contributed by atoms with Crippen LogP contribution in [-0.2, 0) is 11.2 Å². The van der Waals surface area contributed by atoms with Gasteiger partial charge in [0.1, 0.15) is 5.75 Å². The van der Waals surface area contributed by atoms with E-state index in [4.69, 9.17) is 10.5 Å². The van der Waals surface area contributed by atoms with Gasteiger partial charge in [-0.1, -0.05) is 6.92 Å². The number of ether oxygens (including phenoxy) is 1. The molecule has 1 atom stereocenters. The van der Waals surface area contributed by atoms with Crippen LogP contribution in [0, 0.1) is 0 Å². The smallest absolute Gasteiger partial charge is 0.242 e. The SMILES string of the molecule is CCc1sc(NC(=O)[C@@H](C)N)nc1-c1ccc(OC)cc1. The molecule has 112 valence electrons. The summed E-state index contributed by atoms with van der Waals surface area (Å²) in [5.74, 6) is 0.574. The van der Waals surface area contributed by atoms with Crippen LogP contribution >= 0.6 is 11.3 Å². The fourth-order valence-electron chi connectivity index (χ4n) is 1.84. The van der Waals surface area contributed by atoms with E-state index < -0.39 is 6.04 Å². The van der Waals surface area contributed by atoms with Gasteiger partial charge >= 0.3 is 0 Å². The van der Waals surface area contributed by atoms with Gasteiger partial charge in [0, 0.05) is 10.4 Å². The number of amides is 1. The van der Waals surface area contributed by atoms with E-state index in [9.17, 15) is 4.79 Å². The fourth-order valence-corrected chi connectivity index (χ4v) is 2.76. The van der Waals surface area contributed by atoms with Crippen molar-refractivity contribution in [2.24, 2.45) is 5.73 Å². The zero-order valence-corrected chi connectivity index (χ0v) is 13.2. The maximum Gasteiger partial charge on any atom is 0.242 e. The first kappa shape index (κ1) is 15.5. The van der Waals surface area contributed by atoms with Crippen molar-refractivity contribution in [3.63, 3.8) is 0 Å². The number of thiazole rings is 1. The van der Waals surface area contributed by atoms with Crippen molar-refractivity contribution in [1.82, 2.24) is 4.98 Å². The molecule has 6 heteroatoms. The third-order valence-electron chi connectivity index (χ3n) is 3.03. The normalized spacial score (nSPS) is 12.0. The molecule has 0 bridgehead atoms. The second kappa shape index (κ2) is 6.69. The molecule has 21 heavy (non-hydrogen) atoms. The summed E-state index contributed by atoms with van der Waals surface area (Å²) in [5.41, 5.74) is 7.45. The molecule has 5 nitrogen and oxygen atoms in total. The highest BCUT2D eigenvalue weighted by atomic mass is 32.1. The summed E-state index contributed by atoms with van der Waals surface area (Å²) in [4.78, 5) is 17.3. The summed E-state index contributed by atoms with van der Waals surface area (Å²) < 4.78 is 5.16. The van der Waals surface area contributed by atoms with Crippen molar-refractivity contribution < 1.29 is 9.53 Å². The number of anilines is 1. The van der Waals surface area contributed by atoms with Crippen molar-refractivity contribution in [1.29, 1.82) is 0 Å². The van der Waals surface area contributed by atoms with Crippen LogP contribution < -0.4 is 15.8 Å². The number of hydrogen-bond donors (Lipinski definition) is 2. The molecular formula is C15H19N3O2S. The molecule has 0 aliphatic carbocycles. The minimum atomic E-state index is -0.552. The molecule has 0 spiro atoms. The number of nitrogens with one attached hydrogen (secondary N) is 1. The van der Waals surface area contributed by atoms with Gasteiger partial charge in [-0.05, 0) is 37.6 Å². The molecule has 1 amide bonds. The molecule has 3 N–H and O–H groups in total. The zero-order valence-electron chi connectivity index (χ0n) is 12.3. The van der Waals surface area contributed by atoms with E-state index in [2.05, 4.69) is 17.2 Å². The van der Waals surface area contributed by atoms with Crippen molar-refractivity contribution in [3.8, 4) is 17.0 Å². The Hall–Kier alpha value is -1.92. The zero-order chi connectivity index (χ0) is 15.4. The van der Waals surface area contributed by atoms with Gasteiger partial charge < -0.3 is 15.8 Å². The Bertz CT molecular complexity index is 620. The topological polar surface area (TPSA) is 77.2 Å². The maximum atomic E-state index is 11.7. The molecule has 1 aromatic carbocycles. The highest BCUT2D eigenvalue weighted by Crippen LogP contribution is 2.32. The van der Waals surface area contributed by atoms with E-state index in [1.807, 2.05) is 24.3 Å². The number of hydrogen-bond acceptors (Lipinski definition) is 5. The van der Waals surface area contributed by atoms with Crippen molar-refractivity contribution in [2.75, 3.05) is 12.4 Å². The molecule has 0 saturated heterocycles. The molecule has 1 heterocycles. The van der Waals surface area contributed by atoms with Crippen LogP contribution in [0.3, 0.4) is 0 Å². The standard InChI is InChI=1S/C15H19N3O2S/c1-4-12-13(10-5-7-11(20-3)8-6-10)17-15(21-12)18-14(19)9(2)16/h5-9H,4,16H2,1-3H3,(H,17,18,19)/t9-/m1/s1. The monoisotopic (exact) mass is 305 g/mol. The van der Waals surface area contributed by atoms with Gasteiger partial charge in [-0.3, -0.25) is 4.79 Å². The Balaban J connectivity index is 2.30. The molecule has 0 unspecified atom stereocenters. The molecule has 0 radical (unpaired) electrons. The summed E-state index contributed by atoms with van der Waals surface area (Å²) in [6.45, 7) is 3.71. The fraction of sp³-hybridized carbons (Fsp3) is 0.333. The van der Waals surface area contributed by atoms with E-state index in [0.29, 0.717) is 5.13 Å². The number of aryl methyl sites for hydroxylation is 1. The summed E-state index contributed by atoms with van der Waals surface area (Å²) in [6.07, 6.45) is 0.854. The summed E-state index contributed by atoms with van der Waals surface area (Å²) in [6, 6.07) is 7.17. The first-order valence-electron chi connectivity index (χ1n) is 6.75. The number of nitrogens with zero attached hydrogens (tertiary/aromatic N) is 1. The second-order valence-electron chi connectivity index (χ2n) is 4.65. The van der Waals surface area contributed by atoms with Crippen LogP contribution in [0.2, 0.25) is 0 Å². The number of benzene rings is 1. The van der Waals surface area contributed by atoms with Crippen LogP contribution in [-0.4, -0.2) is 24.0 Å². The van der Waals surface area contributed by atoms with Crippen LogP contribution in [0.5, 0.6) is 5.75 Å². The summed E-state index contributed by atoms with van der Waals surface area (Å²) in [5, 5.41) is 3.33. The minimum absolute atomic E-state index is 0.229. The number of carbonyl (C=O) groups is 1. The maximum absolute atomic E-state index is 11.7. The highest BCUT2D eigenvalue weighted by molar-refractivity contribution is 7.16. The largest absolute Gasteiger partial charge is 0.497 e. The lowest BCUT2D eigenvalue weighted by molar-refractivity contribution is -0.117. The van der Waals surface area contributed by atoms with Crippen molar-refractivity contribution in [2.45, 2.75) is 26.3 Å². The lowest BCUT2D eigenvalue weighted by Crippen LogP contribution is -2.32. The molecule has 1 aromatic heterocycles. The van der Waals surface area contributed by atoms with Gasteiger partial charge in [-0.15, -0.1) is 11.3 Å². The third kappa shape index (κ3) is 3.59. The van der Waals surface area contributed by atoms with E-state index in [-0.39, 0.29) is 5.91 Å². The molecule has 0 fully saturated rings. The second-order valence-corrected chi connectivity index (χ2v) is 5.73. The average molecular weight is 305 g/mol. The summed E-state index contributed by atoms with van der Waals surface area (Å²) in [7, 11) is 1.64. The Morgan fingerprint density at radius 2 is 2.10 bits per heavy atom. The predicted octanol–water partition coefficient (Wildman–Crippen LogP) is 2.67. The Kier molecular flexibility index (Phi) is 4.93. The Labute approximate surface area is 128 Å². The van der Waals surface area contributed by atoms with E-state index in [1.165, 1.54) is 11.3 Å². The average Bonchev–Trinajstić information content (AvgIpc) is 2.90. The molecule has 2 rings (SSSR count). The number of methoxy groups -OCH3 is 1. The Morgan fingerprint density at radius 1 is 1.43 bits per heavy atom. The summed E-state index contributed by atoms with van der Waals surface area (Å²) >= 11 is 1.48. The van der Waals surface area contributed by atoms with Gasteiger partial charge in [-0.2, -0.15) is 0 Å². The lowest BCUT2D eigenvalue weighted by atomic mass is 10.1. The quantitative estimate of drug-likeness (QED) is 0.890. The first-order chi connectivity index (χ1) is 10.0. The third-order valence-corrected chi connectivity index (χ3v) is 4.14. The molecule has 0 saturated carbocycles. The number of aromatic nitrogens is 1. The molecular weight excluding hydrogens is 286 g/mol. The van der Waals surface area contributed by atoms with Crippen LogP contribution in [0.4, 0.5) is 5.13 Å². The molecule has 2 aromatic rings. The van der Waals surface area contributed by atoms with Gasteiger partial charge in [0.2, 0.25) is 5.91 Å². The predicted molar refractivity (Wildman–Crippen MR) is 85.8 cm³/mol. The van der Waals surface area contributed by atoms with Gasteiger partial charge in [-0.25, -0.2) is 4.98 Å². The number of nitrogens with two attached hydrogens (primary N) is 1. The van der Waals surface area contributed by atoms with Gasteiger partial charge in [0.25, 0.3) is 0 Å². The van der Waals surface area contributed by atoms with E-state index >= 15 is 0 Å². The van der Waals surface area contributed by atoms with Gasteiger partial charge in [0.15, 0.2) is 5.13 Å². The van der Waals surface area contributed by atoms with E-state index in [0.717, 1.165) is 28.3 Å². The minimum Gasteiger partial charge on any atom is -0.497 e. The molecule has 0 aliphatic heterocycles. The van der Waals surface area contributed by atoms with Crippen molar-refractivity contribution in [3.05, 3.63) is 29.1 Å². The van der Waals surface area contributed by atoms with Gasteiger partial charge in [0.05, 0.1) is 18.8 Å². The van der Waals surface area contributed by atoms with Crippen LogP contribution in [0.15, 0.2) is 24.3 Å². The number of carbonyl (C=O) groups excluding carboxylic acids is 1. The lowest BCUT2D eigenvalue weighted by Gasteiger charge is -2.04. The van der Waals surface area contributed by atoms with E-state index in [1.54, 1.807) is 14.0 Å². The Morgan fingerprint density at radius 3 is 2.62 bits per heavy atom. The first-order valence-corrected chi connectivity index (χ1v) is 7.57. The van der Waals surface area contributed by atoms with Crippen molar-refractivity contribution >= 4 is 22.4 Å². The van der Waals surface area contributed by atoms with Crippen LogP contribution in [0.1, 0.15) is 18.7 Å².